The Morgan fingerprint density at radius 3 is 2.33 bits per heavy atom. The van der Waals surface area contributed by atoms with E-state index < -0.39 is 5.92 Å². The Balaban J connectivity index is 2.03. The van der Waals surface area contributed by atoms with Crippen molar-refractivity contribution in [3.63, 3.8) is 0 Å². The first-order valence-corrected chi connectivity index (χ1v) is 7.87. The maximum atomic E-state index is 12.1. The van der Waals surface area contributed by atoms with Crippen molar-refractivity contribution in [2.45, 2.75) is 13.5 Å². The van der Waals surface area contributed by atoms with Crippen LogP contribution in [0, 0.1) is 17.2 Å². The van der Waals surface area contributed by atoms with Gasteiger partial charge in [0.25, 0.3) is 5.91 Å². The number of aliphatic imine (C=N–C) groups is 1. The molecule has 0 aliphatic carbocycles. The highest BCUT2D eigenvalue weighted by molar-refractivity contribution is 7.80. The molecule has 0 saturated carbocycles. The number of nitrogens with one attached hydrogen (secondary N) is 1. The minimum absolute atomic E-state index is 0.167. The van der Waals surface area contributed by atoms with Gasteiger partial charge in [0.2, 0.25) is 0 Å². The van der Waals surface area contributed by atoms with E-state index in [-0.39, 0.29) is 10.9 Å². The van der Waals surface area contributed by atoms with Gasteiger partial charge < -0.3 is 5.32 Å². The lowest BCUT2D eigenvalue weighted by atomic mass is 10.1. The van der Waals surface area contributed by atoms with E-state index in [1.54, 1.807) is 31.2 Å². The molecule has 120 valence electrons. The average Bonchev–Trinajstić information content (AvgIpc) is 2.62. The number of carbonyl (C=O) groups is 1. The van der Waals surface area contributed by atoms with Crippen LogP contribution in [0.15, 0.2) is 65.7 Å². The van der Waals surface area contributed by atoms with Crippen LogP contribution in [-0.2, 0) is 6.54 Å². The van der Waals surface area contributed by atoms with Gasteiger partial charge in [0.1, 0.15) is 10.9 Å². The van der Waals surface area contributed by atoms with Crippen LogP contribution in [0.25, 0.3) is 0 Å². The Bertz CT molecular complexity index is 779. The van der Waals surface area contributed by atoms with E-state index in [2.05, 4.69) is 16.4 Å². The molecule has 5 heteroatoms. The van der Waals surface area contributed by atoms with Crippen molar-refractivity contribution in [1.82, 2.24) is 5.32 Å². The smallest absolute Gasteiger partial charge is 0.256 e. The van der Waals surface area contributed by atoms with Crippen molar-refractivity contribution < 1.29 is 4.79 Å². The summed E-state index contributed by atoms with van der Waals surface area (Å²) in [6.45, 7) is 2.22. The largest absolute Gasteiger partial charge is 0.315 e. The fourth-order valence-electron chi connectivity index (χ4n) is 2.08. The summed E-state index contributed by atoms with van der Waals surface area (Å²) in [6.07, 6.45) is 0. The Morgan fingerprint density at radius 1 is 1.17 bits per heavy atom. The van der Waals surface area contributed by atoms with E-state index in [9.17, 15) is 10.1 Å². The number of rotatable bonds is 5. The van der Waals surface area contributed by atoms with Crippen LogP contribution in [0.5, 0.6) is 0 Å². The third-order valence-corrected chi connectivity index (χ3v) is 3.77. The van der Waals surface area contributed by atoms with E-state index in [0.717, 1.165) is 5.56 Å². The minimum Gasteiger partial charge on any atom is -0.315 e. The van der Waals surface area contributed by atoms with Gasteiger partial charge in [-0.1, -0.05) is 60.7 Å². The highest BCUT2D eigenvalue weighted by Gasteiger charge is 2.19. The predicted molar refractivity (Wildman–Crippen MR) is 98.9 cm³/mol. The second kappa shape index (κ2) is 8.70. The molecule has 4 nitrogen and oxygen atoms in total. The highest BCUT2D eigenvalue weighted by atomic mass is 32.1. The summed E-state index contributed by atoms with van der Waals surface area (Å²) in [5.74, 6) is -1.05. The molecule has 2 aromatic carbocycles. The van der Waals surface area contributed by atoms with Gasteiger partial charge in [-0.25, -0.2) is 0 Å². The summed E-state index contributed by atoms with van der Waals surface area (Å²) in [7, 11) is 0. The Kier molecular flexibility index (Phi) is 6.35. The molecule has 0 aliphatic heterocycles. The molecule has 1 atom stereocenters. The molecule has 1 N–H and O–H groups in total. The molecule has 0 heterocycles. The quantitative estimate of drug-likeness (QED) is 0.671. The lowest BCUT2D eigenvalue weighted by molar-refractivity contribution is 0.0977. The first-order valence-electron chi connectivity index (χ1n) is 7.46. The van der Waals surface area contributed by atoms with Gasteiger partial charge >= 0.3 is 0 Å². The molecular formula is C19H17N3OS. The van der Waals surface area contributed by atoms with Gasteiger partial charge in [-0.15, -0.1) is 0 Å². The lowest BCUT2D eigenvalue weighted by Crippen LogP contribution is -2.36. The number of hydrogen-bond acceptors (Lipinski definition) is 4. The topological polar surface area (TPSA) is 65.2 Å². The number of benzene rings is 2. The molecule has 2 rings (SSSR count). The zero-order chi connectivity index (χ0) is 17.4. The van der Waals surface area contributed by atoms with E-state index in [4.69, 9.17) is 12.2 Å². The van der Waals surface area contributed by atoms with Crippen LogP contribution in [0.1, 0.15) is 22.8 Å². The number of nitrogens with zero attached hydrogens (tertiary/aromatic N) is 2. The zero-order valence-corrected chi connectivity index (χ0v) is 14.1. The van der Waals surface area contributed by atoms with E-state index in [1.165, 1.54) is 0 Å². The van der Waals surface area contributed by atoms with E-state index in [0.29, 0.717) is 17.8 Å². The predicted octanol–water partition coefficient (Wildman–Crippen LogP) is 3.54. The van der Waals surface area contributed by atoms with Gasteiger partial charge in [0.05, 0.1) is 12.6 Å². The van der Waals surface area contributed by atoms with Crippen LogP contribution in [0.4, 0.5) is 0 Å². The zero-order valence-electron chi connectivity index (χ0n) is 13.3. The van der Waals surface area contributed by atoms with Gasteiger partial charge in [-0.2, -0.15) is 5.26 Å². The molecule has 0 saturated heterocycles. The number of carbonyl (C=O) groups excluding carboxylic acids is 1. The second-order valence-electron chi connectivity index (χ2n) is 5.19. The molecule has 0 aliphatic rings. The van der Waals surface area contributed by atoms with Crippen molar-refractivity contribution >= 4 is 28.8 Å². The first-order chi connectivity index (χ1) is 11.6. The monoisotopic (exact) mass is 335 g/mol. The first kappa shape index (κ1) is 17.5. The molecule has 24 heavy (non-hydrogen) atoms. The second-order valence-corrected chi connectivity index (χ2v) is 5.63. The number of nitriles is 1. The molecule has 0 bridgehead atoms. The summed E-state index contributed by atoms with van der Waals surface area (Å²) in [5, 5.41) is 12.0. The summed E-state index contributed by atoms with van der Waals surface area (Å²) < 4.78 is 0. The van der Waals surface area contributed by atoms with E-state index in [1.807, 2.05) is 36.4 Å². The van der Waals surface area contributed by atoms with Crippen LogP contribution >= 0.6 is 12.2 Å². The molecule has 0 spiro atoms. The van der Waals surface area contributed by atoms with Crippen molar-refractivity contribution in [3.05, 3.63) is 71.8 Å². The molecule has 2 aromatic rings. The third kappa shape index (κ3) is 4.83. The fraction of sp³-hybridized carbons (Fsp3) is 0.158. The molecule has 1 amide bonds. The molecular weight excluding hydrogens is 318 g/mol. The summed E-state index contributed by atoms with van der Waals surface area (Å²) in [4.78, 5) is 16.7. The maximum Gasteiger partial charge on any atom is 0.256 e. The maximum absolute atomic E-state index is 12.1. The van der Waals surface area contributed by atoms with Gasteiger partial charge in [0, 0.05) is 11.3 Å². The normalized spacial score (nSPS) is 12.1. The van der Waals surface area contributed by atoms with Crippen LogP contribution in [-0.4, -0.2) is 16.6 Å². The van der Waals surface area contributed by atoms with Crippen LogP contribution in [0.3, 0.4) is 0 Å². The van der Waals surface area contributed by atoms with Crippen LogP contribution in [0.2, 0.25) is 0 Å². The van der Waals surface area contributed by atoms with Crippen LogP contribution < -0.4 is 5.32 Å². The minimum atomic E-state index is -0.726. The van der Waals surface area contributed by atoms with Gasteiger partial charge in [-0.3, -0.25) is 9.79 Å². The number of amides is 1. The Labute approximate surface area is 146 Å². The van der Waals surface area contributed by atoms with Crippen molar-refractivity contribution in [2.75, 3.05) is 0 Å². The molecule has 1 unspecified atom stereocenters. The number of thiocarbonyl (C=S) groups is 1. The average molecular weight is 335 g/mol. The Morgan fingerprint density at radius 2 is 1.75 bits per heavy atom. The summed E-state index contributed by atoms with van der Waals surface area (Å²) in [6, 6.07) is 20.6. The Hall–Kier alpha value is -2.84. The van der Waals surface area contributed by atoms with Gasteiger partial charge in [-0.05, 0) is 24.6 Å². The molecule has 0 aromatic heterocycles. The molecule has 0 fully saturated rings. The fourth-order valence-corrected chi connectivity index (χ4v) is 2.39. The lowest BCUT2D eigenvalue weighted by Gasteiger charge is -2.12. The summed E-state index contributed by atoms with van der Waals surface area (Å²) >= 11 is 5.22. The molecule has 0 radical (unpaired) electrons. The third-order valence-electron chi connectivity index (χ3n) is 3.44. The highest BCUT2D eigenvalue weighted by Crippen LogP contribution is 2.07. The van der Waals surface area contributed by atoms with Crippen molar-refractivity contribution in [2.24, 2.45) is 10.9 Å². The number of hydrogen-bond donors (Lipinski definition) is 1. The standard InChI is InChI=1S/C19H17N3OS/c1-14(21-13-15-8-4-2-5-9-15)17(12-20)19(24)22-18(23)16-10-6-3-7-11-16/h2-11,17H,13H2,1H3,(H,22,23,24). The SMILES string of the molecule is CC(=NCc1ccccc1)C(C#N)C(=S)NC(=O)c1ccccc1. The van der Waals surface area contributed by atoms with Crippen molar-refractivity contribution in [3.8, 4) is 6.07 Å². The summed E-state index contributed by atoms with van der Waals surface area (Å²) in [5.41, 5.74) is 2.13. The van der Waals surface area contributed by atoms with E-state index >= 15 is 0 Å². The van der Waals surface area contributed by atoms with Crippen molar-refractivity contribution in [1.29, 1.82) is 5.26 Å². The van der Waals surface area contributed by atoms with Gasteiger partial charge in [0.15, 0.2) is 0 Å².